The van der Waals surface area contributed by atoms with Gasteiger partial charge >= 0.3 is 0 Å². The molecule has 0 bridgehead atoms. The van der Waals surface area contributed by atoms with Crippen LogP contribution in [0.2, 0.25) is 5.02 Å². The minimum absolute atomic E-state index is 0.217. The lowest BCUT2D eigenvalue weighted by Gasteiger charge is -2.17. The molecule has 0 saturated heterocycles. The summed E-state index contributed by atoms with van der Waals surface area (Å²) in [6, 6.07) is 7.02. The van der Waals surface area contributed by atoms with Crippen molar-refractivity contribution in [2.24, 2.45) is 0 Å². The van der Waals surface area contributed by atoms with Gasteiger partial charge in [-0.1, -0.05) is 11.6 Å². The summed E-state index contributed by atoms with van der Waals surface area (Å²) in [7, 11) is 1.58. The molecule has 0 saturated carbocycles. The molecule has 1 unspecified atom stereocenters. The highest BCUT2D eigenvalue weighted by atomic mass is 35.5. The first kappa shape index (κ1) is 15.4. The van der Waals surface area contributed by atoms with Gasteiger partial charge in [-0.05, 0) is 37.1 Å². The van der Waals surface area contributed by atoms with E-state index < -0.39 is 6.10 Å². The number of H-pyrrole nitrogens is 1. The van der Waals surface area contributed by atoms with Crippen molar-refractivity contribution in [3.63, 3.8) is 0 Å². The number of benzene rings is 1. The van der Waals surface area contributed by atoms with E-state index in [9.17, 15) is 4.79 Å². The second kappa shape index (κ2) is 6.75. The van der Waals surface area contributed by atoms with Gasteiger partial charge in [-0.3, -0.25) is 9.89 Å². The topological polar surface area (TPSA) is 76.2 Å². The van der Waals surface area contributed by atoms with E-state index in [-0.39, 0.29) is 5.91 Å². The number of ether oxygens (including phenoxy) is 2. The number of allylic oxidation sites excluding steroid dienone is 1. The van der Waals surface area contributed by atoms with Crippen molar-refractivity contribution in [1.82, 2.24) is 10.2 Å². The van der Waals surface area contributed by atoms with Gasteiger partial charge < -0.3 is 14.8 Å². The van der Waals surface area contributed by atoms with Gasteiger partial charge in [0.1, 0.15) is 5.75 Å². The lowest BCUT2D eigenvalue weighted by Crippen LogP contribution is -2.30. The second-order valence-electron chi connectivity index (χ2n) is 5.07. The number of halogens is 1. The van der Waals surface area contributed by atoms with Crippen LogP contribution in [-0.4, -0.2) is 29.3 Å². The molecular formula is C16H16ClN3O3. The van der Waals surface area contributed by atoms with E-state index in [0.29, 0.717) is 28.7 Å². The smallest absolute Gasteiger partial charge is 0.266 e. The summed E-state index contributed by atoms with van der Waals surface area (Å²) in [6.45, 7) is 0. The third-order valence-corrected chi connectivity index (χ3v) is 3.74. The van der Waals surface area contributed by atoms with Gasteiger partial charge in [-0.2, -0.15) is 5.10 Å². The van der Waals surface area contributed by atoms with Crippen LogP contribution in [0.5, 0.6) is 5.75 Å². The predicted octanol–water partition coefficient (Wildman–Crippen LogP) is 3.37. The minimum Gasteiger partial charge on any atom is -0.496 e. The first-order valence-electron chi connectivity index (χ1n) is 7.18. The zero-order valence-electron chi connectivity index (χ0n) is 12.5. The molecule has 0 spiro atoms. The predicted molar refractivity (Wildman–Crippen MR) is 87.5 cm³/mol. The molecule has 23 heavy (non-hydrogen) atoms. The van der Waals surface area contributed by atoms with Gasteiger partial charge in [0.15, 0.2) is 11.9 Å². The van der Waals surface area contributed by atoms with Crippen molar-refractivity contribution in [1.29, 1.82) is 0 Å². The summed E-state index contributed by atoms with van der Waals surface area (Å²) in [5, 5.41) is 10.3. The van der Waals surface area contributed by atoms with Crippen molar-refractivity contribution in [2.75, 3.05) is 12.4 Å². The molecule has 1 atom stereocenters. The molecule has 2 N–H and O–H groups in total. The van der Waals surface area contributed by atoms with Crippen molar-refractivity contribution in [2.45, 2.75) is 18.9 Å². The Balaban J connectivity index is 1.77. The number of methoxy groups -OCH3 is 1. The molecule has 3 rings (SSSR count). The fourth-order valence-corrected chi connectivity index (χ4v) is 2.52. The van der Waals surface area contributed by atoms with E-state index in [1.807, 2.05) is 6.08 Å². The Morgan fingerprint density at radius 2 is 2.35 bits per heavy atom. The zero-order valence-corrected chi connectivity index (χ0v) is 13.3. The molecule has 6 nitrogen and oxygen atoms in total. The van der Waals surface area contributed by atoms with Gasteiger partial charge in [0.05, 0.1) is 19.1 Å². The minimum atomic E-state index is -0.485. The molecule has 0 aliphatic carbocycles. The van der Waals surface area contributed by atoms with Crippen LogP contribution in [0.15, 0.2) is 36.6 Å². The largest absolute Gasteiger partial charge is 0.496 e. The number of aromatic nitrogens is 2. The second-order valence-corrected chi connectivity index (χ2v) is 5.51. The Kier molecular flexibility index (Phi) is 4.52. The molecule has 7 heteroatoms. The van der Waals surface area contributed by atoms with Gasteiger partial charge in [0, 0.05) is 16.7 Å². The summed E-state index contributed by atoms with van der Waals surface area (Å²) in [5.41, 5.74) is 1.47. The molecule has 120 valence electrons. The highest BCUT2D eigenvalue weighted by Gasteiger charge is 2.21. The highest BCUT2D eigenvalue weighted by molar-refractivity contribution is 6.31. The number of aromatic amines is 1. The van der Waals surface area contributed by atoms with Crippen molar-refractivity contribution >= 4 is 23.3 Å². The summed E-state index contributed by atoms with van der Waals surface area (Å²) >= 11 is 6.03. The number of nitrogens with one attached hydrogen (secondary N) is 2. The van der Waals surface area contributed by atoms with Gasteiger partial charge in [-0.25, -0.2) is 0 Å². The van der Waals surface area contributed by atoms with E-state index in [2.05, 4.69) is 15.5 Å². The quantitative estimate of drug-likeness (QED) is 0.899. The Morgan fingerprint density at radius 3 is 3.09 bits per heavy atom. The number of hydrogen-bond donors (Lipinski definition) is 2. The Bertz CT molecular complexity index is 742. The first-order chi connectivity index (χ1) is 11.2. The van der Waals surface area contributed by atoms with Crippen LogP contribution in [0.1, 0.15) is 12.8 Å². The zero-order chi connectivity index (χ0) is 16.2. The molecule has 2 heterocycles. The van der Waals surface area contributed by atoms with Crippen LogP contribution < -0.4 is 10.1 Å². The molecule has 2 aromatic rings. The number of nitrogens with zero attached hydrogens (tertiary/aromatic N) is 1. The summed E-state index contributed by atoms with van der Waals surface area (Å²) < 4.78 is 10.6. The number of anilines is 1. The summed E-state index contributed by atoms with van der Waals surface area (Å²) in [6.07, 6.45) is 4.44. The maximum Gasteiger partial charge on any atom is 0.266 e. The third-order valence-electron chi connectivity index (χ3n) is 3.51. The molecule has 1 amide bonds. The van der Waals surface area contributed by atoms with Crippen LogP contribution in [0.25, 0.3) is 11.3 Å². The number of amides is 1. The Hall–Kier alpha value is -2.47. The van der Waals surface area contributed by atoms with Crippen LogP contribution in [0, 0.1) is 0 Å². The van der Waals surface area contributed by atoms with Gasteiger partial charge in [-0.15, -0.1) is 0 Å². The molecule has 0 radical (unpaired) electrons. The summed E-state index contributed by atoms with van der Waals surface area (Å²) in [4.78, 5) is 12.1. The van der Waals surface area contributed by atoms with Crippen molar-refractivity contribution in [3.05, 3.63) is 41.6 Å². The average molecular weight is 334 g/mol. The fourth-order valence-electron chi connectivity index (χ4n) is 2.35. The Labute approximate surface area is 138 Å². The van der Waals surface area contributed by atoms with E-state index in [1.165, 1.54) is 0 Å². The highest BCUT2D eigenvalue weighted by Crippen LogP contribution is 2.32. The van der Waals surface area contributed by atoms with Crippen molar-refractivity contribution < 1.29 is 14.3 Å². The van der Waals surface area contributed by atoms with Gasteiger partial charge in [0.25, 0.3) is 5.91 Å². The number of rotatable bonds is 4. The lowest BCUT2D eigenvalue weighted by atomic mass is 10.1. The van der Waals surface area contributed by atoms with E-state index in [0.717, 1.165) is 12.0 Å². The molecule has 1 aromatic carbocycles. The lowest BCUT2D eigenvalue weighted by molar-refractivity contribution is -0.125. The van der Waals surface area contributed by atoms with Crippen LogP contribution >= 0.6 is 11.6 Å². The van der Waals surface area contributed by atoms with Gasteiger partial charge in [0.2, 0.25) is 0 Å². The maximum atomic E-state index is 12.1. The van der Waals surface area contributed by atoms with Crippen LogP contribution in [0.4, 0.5) is 5.82 Å². The normalized spacial score (nSPS) is 16.7. The van der Waals surface area contributed by atoms with Crippen LogP contribution in [0.3, 0.4) is 0 Å². The summed E-state index contributed by atoms with van der Waals surface area (Å²) in [5.74, 6) is 0.868. The molecule has 1 aliphatic heterocycles. The fraction of sp³-hybridized carbons (Fsp3) is 0.250. The van der Waals surface area contributed by atoms with E-state index >= 15 is 0 Å². The first-order valence-corrected chi connectivity index (χ1v) is 7.56. The maximum absolute atomic E-state index is 12.1. The molecule has 0 fully saturated rings. The SMILES string of the molecule is COc1ccc(Cl)cc1-c1cc(NC(=O)C2CCC=CO2)n[nH]1. The molecule has 1 aliphatic rings. The van der Waals surface area contributed by atoms with Crippen LogP contribution in [-0.2, 0) is 9.53 Å². The monoisotopic (exact) mass is 333 g/mol. The third kappa shape index (κ3) is 3.48. The number of carbonyl (C=O) groups is 1. The average Bonchev–Trinajstić information content (AvgIpc) is 3.04. The number of carbonyl (C=O) groups excluding carboxylic acids is 1. The Morgan fingerprint density at radius 1 is 1.48 bits per heavy atom. The molecular weight excluding hydrogens is 318 g/mol. The standard InChI is InChI=1S/C16H16ClN3O3/c1-22-13-6-5-10(17)8-11(13)12-9-15(20-19-12)18-16(21)14-4-2-3-7-23-14/h3,5-9,14H,2,4H2,1H3,(H2,18,19,20,21). The van der Waals surface area contributed by atoms with Crippen molar-refractivity contribution in [3.8, 4) is 17.0 Å². The van der Waals surface area contributed by atoms with E-state index in [4.69, 9.17) is 21.1 Å². The number of hydrogen-bond acceptors (Lipinski definition) is 4. The molecule has 1 aromatic heterocycles. The van der Waals surface area contributed by atoms with E-state index in [1.54, 1.807) is 37.6 Å².